The summed E-state index contributed by atoms with van der Waals surface area (Å²) in [7, 11) is 0. The van der Waals surface area contributed by atoms with Crippen LogP contribution in [0.5, 0.6) is 0 Å². The molecule has 31 heavy (non-hydrogen) atoms. The molecule has 0 saturated heterocycles. The Bertz CT molecular complexity index is 1040. The number of halogens is 3. The summed E-state index contributed by atoms with van der Waals surface area (Å²) in [6.07, 6.45) is 1.67. The minimum absolute atomic E-state index is 0.0629. The number of benzene rings is 2. The Labute approximate surface area is 186 Å². The lowest BCUT2D eigenvalue weighted by molar-refractivity contribution is -0.131. The minimum atomic E-state index is -0.682. The van der Waals surface area contributed by atoms with Crippen LogP contribution in [0.1, 0.15) is 45.0 Å². The minimum Gasteiger partial charge on any atom is -0.335 e. The number of aryl methyl sites for hydroxylation is 1. The zero-order valence-electron chi connectivity index (χ0n) is 18.2. The smallest absolute Gasteiger partial charge is 0.227 e. The van der Waals surface area contributed by atoms with E-state index >= 15 is 0 Å². The van der Waals surface area contributed by atoms with E-state index in [1.54, 1.807) is 11.0 Å². The fraction of sp³-hybridized carbons (Fsp3) is 0.417. The molecule has 0 aliphatic carbocycles. The quantitative estimate of drug-likeness (QED) is 0.403. The maximum absolute atomic E-state index is 13.6. The molecule has 0 bridgehead atoms. The number of carbonyl (C=O) groups is 1. The van der Waals surface area contributed by atoms with Gasteiger partial charge in [0.2, 0.25) is 5.91 Å². The van der Waals surface area contributed by atoms with Gasteiger partial charge >= 0.3 is 0 Å². The van der Waals surface area contributed by atoms with Crippen LogP contribution in [0.25, 0.3) is 11.0 Å². The summed E-state index contributed by atoms with van der Waals surface area (Å²) in [4.78, 5) is 19.6. The van der Waals surface area contributed by atoms with Crippen molar-refractivity contribution in [1.29, 1.82) is 0 Å². The first-order valence-corrected chi connectivity index (χ1v) is 11.0. The van der Waals surface area contributed by atoms with Crippen molar-refractivity contribution in [2.24, 2.45) is 5.92 Å². The Kier molecular flexibility index (Phi) is 7.65. The van der Waals surface area contributed by atoms with Gasteiger partial charge in [-0.15, -0.1) is 0 Å². The van der Waals surface area contributed by atoms with Gasteiger partial charge in [0.05, 0.1) is 24.0 Å². The Morgan fingerprint density at radius 1 is 1.16 bits per heavy atom. The van der Waals surface area contributed by atoms with Crippen LogP contribution < -0.4 is 0 Å². The first-order valence-electron chi connectivity index (χ1n) is 10.6. The van der Waals surface area contributed by atoms with Gasteiger partial charge in [-0.1, -0.05) is 32.4 Å². The maximum atomic E-state index is 13.6. The molecule has 0 saturated carbocycles. The zero-order valence-corrected chi connectivity index (χ0v) is 18.9. The van der Waals surface area contributed by atoms with E-state index in [-0.39, 0.29) is 12.3 Å². The molecule has 0 aliphatic heterocycles. The van der Waals surface area contributed by atoms with Gasteiger partial charge in [0.1, 0.15) is 17.5 Å². The van der Waals surface area contributed by atoms with Gasteiger partial charge in [0.15, 0.2) is 0 Å². The number of hydrogen-bond donors (Lipinski definition) is 0. The maximum Gasteiger partial charge on any atom is 0.227 e. The molecule has 0 radical (unpaired) electrons. The monoisotopic (exact) mass is 447 g/mol. The van der Waals surface area contributed by atoms with Gasteiger partial charge in [0.25, 0.3) is 0 Å². The molecule has 3 aromatic rings. The molecule has 7 heteroatoms. The average molecular weight is 448 g/mol. The summed E-state index contributed by atoms with van der Waals surface area (Å²) in [6.45, 7) is 7.91. The molecule has 4 nitrogen and oxygen atoms in total. The van der Waals surface area contributed by atoms with E-state index in [9.17, 15) is 13.6 Å². The third-order valence-electron chi connectivity index (χ3n) is 5.18. The standard InChI is InChI=1S/C24H28ClF2N3O/c1-4-8-30-22-13-18(25)5-6-21(22)28-23(30)15-29(9-7-16(2)3)24(31)12-17-10-19(26)14-20(27)11-17/h5-6,10-11,13-14,16H,4,7-9,12,15H2,1-3H3. The molecular formula is C24H28ClF2N3O. The second-order valence-corrected chi connectivity index (χ2v) is 8.70. The highest BCUT2D eigenvalue weighted by Gasteiger charge is 2.20. The van der Waals surface area contributed by atoms with Crippen LogP contribution in [0.3, 0.4) is 0 Å². The molecule has 0 aliphatic rings. The topological polar surface area (TPSA) is 38.1 Å². The van der Waals surface area contributed by atoms with E-state index in [4.69, 9.17) is 16.6 Å². The first kappa shape index (κ1) is 23.2. The van der Waals surface area contributed by atoms with Gasteiger partial charge in [-0.2, -0.15) is 0 Å². The van der Waals surface area contributed by atoms with Gasteiger partial charge in [-0.3, -0.25) is 4.79 Å². The first-order chi connectivity index (χ1) is 14.8. The van der Waals surface area contributed by atoms with Gasteiger partial charge in [-0.05, 0) is 54.7 Å². The Morgan fingerprint density at radius 3 is 2.52 bits per heavy atom. The van der Waals surface area contributed by atoms with Crippen molar-refractivity contribution in [3.8, 4) is 0 Å². The second kappa shape index (κ2) is 10.2. The van der Waals surface area contributed by atoms with Crippen LogP contribution >= 0.6 is 11.6 Å². The van der Waals surface area contributed by atoms with Crippen molar-refractivity contribution in [1.82, 2.24) is 14.5 Å². The lowest BCUT2D eigenvalue weighted by Gasteiger charge is -2.24. The molecule has 3 rings (SSSR count). The zero-order chi connectivity index (χ0) is 22.5. The number of amides is 1. The molecule has 1 heterocycles. The number of rotatable bonds is 9. The lowest BCUT2D eigenvalue weighted by atomic mass is 10.1. The van der Waals surface area contributed by atoms with Crippen LogP contribution in [0.15, 0.2) is 36.4 Å². The Morgan fingerprint density at radius 2 is 1.87 bits per heavy atom. The molecule has 166 valence electrons. The number of nitrogens with zero attached hydrogens (tertiary/aromatic N) is 3. The van der Waals surface area contributed by atoms with E-state index < -0.39 is 11.6 Å². The number of aromatic nitrogens is 2. The van der Waals surface area contributed by atoms with Crippen LogP contribution in [0.4, 0.5) is 8.78 Å². The van der Waals surface area contributed by atoms with Crippen molar-refractivity contribution < 1.29 is 13.6 Å². The van der Waals surface area contributed by atoms with Crippen molar-refractivity contribution in [2.45, 2.75) is 53.1 Å². The fourth-order valence-electron chi connectivity index (χ4n) is 3.62. The molecule has 0 unspecified atom stereocenters. The normalized spacial score (nSPS) is 11.5. The summed E-state index contributed by atoms with van der Waals surface area (Å²) < 4.78 is 29.3. The second-order valence-electron chi connectivity index (χ2n) is 8.26. The number of carbonyl (C=O) groups excluding carboxylic acids is 1. The summed E-state index contributed by atoms with van der Waals surface area (Å²) in [5.41, 5.74) is 2.09. The van der Waals surface area contributed by atoms with Crippen molar-refractivity contribution in [3.63, 3.8) is 0 Å². The summed E-state index contributed by atoms with van der Waals surface area (Å²) in [5, 5.41) is 0.636. The van der Waals surface area contributed by atoms with Crippen LogP contribution in [0, 0.1) is 17.6 Å². The average Bonchev–Trinajstić information content (AvgIpc) is 3.01. The fourth-order valence-corrected chi connectivity index (χ4v) is 3.78. The number of fused-ring (bicyclic) bond motifs is 1. The van der Waals surface area contributed by atoms with Gasteiger partial charge in [0, 0.05) is 24.2 Å². The van der Waals surface area contributed by atoms with E-state index in [0.717, 1.165) is 42.3 Å². The summed E-state index contributed by atoms with van der Waals surface area (Å²) >= 11 is 6.19. The molecule has 0 N–H and O–H groups in total. The Balaban J connectivity index is 1.90. The highest BCUT2D eigenvalue weighted by molar-refractivity contribution is 6.31. The van der Waals surface area contributed by atoms with Crippen molar-refractivity contribution in [2.75, 3.05) is 6.54 Å². The SMILES string of the molecule is CCCn1c(CN(CCC(C)C)C(=O)Cc2cc(F)cc(F)c2)nc2ccc(Cl)cc21. The largest absolute Gasteiger partial charge is 0.335 e. The third kappa shape index (κ3) is 6.03. The Hall–Kier alpha value is -2.47. The highest BCUT2D eigenvalue weighted by Crippen LogP contribution is 2.23. The van der Waals surface area contributed by atoms with Crippen LogP contribution in [0.2, 0.25) is 5.02 Å². The van der Waals surface area contributed by atoms with Crippen molar-refractivity contribution in [3.05, 3.63) is 64.4 Å². The van der Waals surface area contributed by atoms with Crippen LogP contribution in [-0.2, 0) is 24.3 Å². The third-order valence-corrected chi connectivity index (χ3v) is 5.41. The molecule has 1 aromatic heterocycles. The van der Waals surface area contributed by atoms with E-state index in [1.165, 1.54) is 12.1 Å². The van der Waals surface area contributed by atoms with Gasteiger partial charge < -0.3 is 9.47 Å². The molecular weight excluding hydrogens is 420 g/mol. The molecule has 0 spiro atoms. The van der Waals surface area contributed by atoms with Crippen molar-refractivity contribution >= 4 is 28.5 Å². The molecule has 0 fully saturated rings. The lowest BCUT2D eigenvalue weighted by Crippen LogP contribution is -2.34. The van der Waals surface area contributed by atoms with E-state index in [0.29, 0.717) is 29.6 Å². The van der Waals surface area contributed by atoms with E-state index in [1.807, 2.05) is 12.1 Å². The molecule has 1 amide bonds. The summed E-state index contributed by atoms with van der Waals surface area (Å²) in [6, 6.07) is 8.79. The van der Waals surface area contributed by atoms with E-state index in [2.05, 4.69) is 25.3 Å². The predicted octanol–water partition coefficient (Wildman–Crippen LogP) is 6.00. The molecule has 2 aromatic carbocycles. The number of hydrogen-bond acceptors (Lipinski definition) is 2. The van der Waals surface area contributed by atoms with Crippen LogP contribution in [-0.4, -0.2) is 26.9 Å². The predicted molar refractivity (Wildman–Crippen MR) is 120 cm³/mol. The van der Waals surface area contributed by atoms with Gasteiger partial charge in [-0.25, -0.2) is 13.8 Å². The highest BCUT2D eigenvalue weighted by atomic mass is 35.5. The summed E-state index contributed by atoms with van der Waals surface area (Å²) in [5.74, 6) is -0.355. The number of imidazole rings is 1. The molecule has 0 atom stereocenters.